The molecule has 5 heteroatoms. The Morgan fingerprint density at radius 3 is 3.00 bits per heavy atom. The molecule has 0 aliphatic heterocycles. The molecule has 0 unspecified atom stereocenters. The van der Waals surface area contributed by atoms with Crippen molar-refractivity contribution in [1.82, 2.24) is 9.88 Å². The van der Waals surface area contributed by atoms with Crippen LogP contribution in [0.1, 0.15) is 10.5 Å². The molecular weight excluding hydrogens is 228 g/mol. The van der Waals surface area contributed by atoms with Gasteiger partial charge in [-0.05, 0) is 12.1 Å². The number of hydrogen-bond acceptors (Lipinski definition) is 3. The van der Waals surface area contributed by atoms with Crippen LogP contribution >= 0.6 is 11.6 Å². The molecule has 1 heterocycles. The molecule has 0 saturated carbocycles. The molecule has 1 aromatic heterocycles. The minimum Gasteiger partial charge on any atom is -0.395 e. The molecule has 0 aliphatic carbocycles. The minimum absolute atomic E-state index is 0.0971. The maximum Gasteiger partial charge on any atom is 0.272 e. The van der Waals surface area contributed by atoms with E-state index in [2.05, 4.69) is 11.6 Å². The molecule has 1 aromatic rings. The monoisotopic (exact) mass is 240 g/mol. The number of hydrogen-bond donors (Lipinski definition) is 1. The molecule has 0 saturated heterocycles. The van der Waals surface area contributed by atoms with E-state index < -0.39 is 0 Å². The van der Waals surface area contributed by atoms with E-state index in [1.54, 1.807) is 12.1 Å². The fraction of sp³-hybridized carbons (Fsp3) is 0.273. The molecule has 0 radical (unpaired) electrons. The van der Waals surface area contributed by atoms with Crippen molar-refractivity contribution >= 4 is 17.5 Å². The summed E-state index contributed by atoms with van der Waals surface area (Å²) in [5, 5.41) is 9.30. The van der Waals surface area contributed by atoms with Crippen molar-refractivity contribution in [3.8, 4) is 0 Å². The zero-order valence-electron chi connectivity index (χ0n) is 8.77. The summed E-state index contributed by atoms with van der Waals surface area (Å²) < 4.78 is 0. The zero-order valence-corrected chi connectivity index (χ0v) is 9.52. The fourth-order valence-corrected chi connectivity index (χ4v) is 1.40. The molecule has 0 aromatic carbocycles. The second kappa shape index (κ2) is 6.25. The van der Waals surface area contributed by atoms with Crippen LogP contribution in [0.3, 0.4) is 0 Å². The highest BCUT2D eigenvalue weighted by molar-refractivity contribution is 6.30. The van der Waals surface area contributed by atoms with E-state index in [9.17, 15) is 4.79 Å². The highest BCUT2D eigenvalue weighted by Crippen LogP contribution is 2.10. The number of halogens is 1. The van der Waals surface area contributed by atoms with Crippen LogP contribution in [0.2, 0.25) is 5.02 Å². The second-order valence-corrected chi connectivity index (χ2v) is 3.56. The van der Waals surface area contributed by atoms with Crippen LogP contribution in [0.4, 0.5) is 0 Å². The third-order valence-electron chi connectivity index (χ3n) is 1.95. The largest absolute Gasteiger partial charge is 0.395 e. The average molecular weight is 241 g/mol. The van der Waals surface area contributed by atoms with Gasteiger partial charge in [-0.1, -0.05) is 17.7 Å². The summed E-state index contributed by atoms with van der Waals surface area (Å²) in [6, 6.07) is 3.10. The lowest BCUT2D eigenvalue weighted by molar-refractivity contribution is 0.0737. The van der Waals surface area contributed by atoms with Gasteiger partial charge in [0, 0.05) is 24.3 Å². The number of rotatable bonds is 5. The Morgan fingerprint density at radius 2 is 2.44 bits per heavy atom. The molecule has 16 heavy (non-hydrogen) atoms. The van der Waals surface area contributed by atoms with Crippen LogP contribution < -0.4 is 0 Å². The van der Waals surface area contributed by atoms with E-state index in [1.807, 2.05) is 0 Å². The van der Waals surface area contributed by atoms with Gasteiger partial charge >= 0.3 is 0 Å². The van der Waals surface area contributed by atoms with Crippen molar-refractivity contribution in [2.45, 2.75) is 0 Å². The minimum atomic E-state index is -0.267. The summed E-state index contributed by atoms with van der Waals surface area (Å²) in [6.07, 6.45) is 3.07. The summed E-state index contributed by atoms with van der Waals surface area (Å²) in [5.74, 6) is -0.267. The molecule has 1 amide bonds. The highest BCUT2D eigenvalue weighted by Gasteiger charge is 2.15. The summed E-state index contributed by atoms with van der Waals surface area (Å²) in [7, 11) is 0. The van der Waals surface area contributed by atoms with Gasteiger partial charge in [0.15, 0.2) is 0 Å². The van der Waals surface area contributed by atoms with Gasteiger partial charge in [0.1, 0.15) is 5.69 Å². The van der Waals surface area contributed by atoms with E-state index in [4.69, 9.17) is 16.7 Å². The van der Waals surface area contributed by atoms with Gasteiger partial charge in [0.05, 0.1) is 6.61 Å². The molecule has 86 valence electrons. The van der Waals surface area contributed by atoms with Gasteiger partial charge in [-0.25, -0.2) is 0 Å². The van der Waals surface area contributed by atoms with E-state index >= 15 is 0 Å². The van der Waals surface area contributed by atoms with Crippen molar-refractivity contribution < 1.29 is 9.90 Å². The molecule has 0 bridgehead atoms. The van der Waals surface area contributed by atoms with Crippen LogP contribution in [0.15, 0.2) is 31.0 Å². The molecule has 1 rings (SSSR count). The summed E-state index contributed by atoms with van der Waals surface area (Å²) in [4.78, 5) is 17.3. The van der Waals surface area contributed by atoms with Crippen LogP contribution in [-0.2, 0) is 0 Å². The van der Waals surface area contributed by atoms with Crippen LogP contribution in [0, 0.1) is 0 Å². The molecule has 1 N–H and O–H groups in total. The van der Waals surface area contributed by atoms with Gasteiger partial charge in [-0.15, -0.1) is 6.58 Å². The topological polar surface area (TPSA) is 53.4 Å². The predicted molar refractivity (Wildman–Crippen MR) is 62.4 cm³/mol. The lowest BCUT2D eigenvalue weighted by Crippen LogP contribution is -2.34. The number of aliphatic hydroxyl groups excluding tert-OH is 1. The Balaban J connectivity index is 2.85. The smallest absolute Gasteiger partial charge is 0.272 e. The predicted octanol–water partition coefficient (Wildman–Crippen LogP) is 1.36. The SMILES string of the molecule is C=CCN(CCO)C(=O)c1cc(Cl)ccn1. The highest BCUT2D eigenvalue weighted by atomic mass is 35.5. The first-order valence-electron chi connectivity index (χ1n) is 4.81. The van der Waals surface area contributed by atoms with E-state index in [1.165, 1.54) is 17.2 Å². The number of nitrogens with zero attached hydrogens (tertiary/aromatic N) is 2. The molecule has 0 fully saturated rings. The summed E-state index contributed by atoms with van der Waals surface area (Å²) >= 11 is 5.77. The summed E-state index contributed by atoms with van der Waals surface area (Å²) in [5.41, 5.74) is 0.266. The van der Waals surface area contributed by atoms with Crippen molar-refractivity contribution in [3.63, 3.8) is 0 Å². The normalized spacial score (nSPS) is 9.88. The average Bonchev–Trinajstić information content (AvgIpc) is 2.28. The Hall–Kier alpha value is -1.39. The third kappa shape index (κ3) is 3.32. The molecule has 0 atom stereocenters. The first kappa shape index (κ1) is 12.7. The van der Waals surface area contributed by atoms with Crippen molar-refractivity contribution in [3.05, 3.63) is 41.7 Å². The van der Waals surface area contributed by atoms with Crippen molar-refractivity contribution in [2.24, 2.45) is 0 Å². The Labute approximate surface area is 99.2 Å². The number of carbonyl (C=O) groups excluding carboxylic acids is 1. The number of aromatic nitrogens is 1. The van der Waals surface area contributed by atoms with Crippen molar-refractivity contribution in [1.29, 1.82) is 0 Å². The standard InChI is InChI=1S/C11H13ClN2O2/c1-2-5-14(6-7-15)11(16)10-8-9(12)3-4-13-10/h2-4,8,15H,1,5-7H2. The van der Waals surface area contributed by atoms with E-state index in [0.29, 0.717) is 11.6 Å². The number of pyridine rings is 1. The Morgan fingerprint density at radius 1 is 1.69 bits per heavy atom. The fourth-order valence-electron chi connectivity index (χ4n) is 1.24. The number of carbonyl (C=O) groups is 1. The molecular formula is C11H13ClN2O2. The maximum absolute atomic E-state index is 11.9. The van der Waals surface area contributed by atoms with Gasteiger partial charge < -0.3 is 10.0 Å². The first-order valence-corrected chi connectivity index (χ1v) is 5.19. The molecule has 0 aliphatic rings. The molecule has 4 nitrogen and oxygen atoms in total. The Bertz CT molecular complexity index is 382. The molecule has 0 spiro atoms. The van der Waals surface area contributed by atoms with Gasteiger partial charge in [-0.3, -0.25) is 9.78 Å². The lowest BCUT2D eigenvalue weighted by Gasteiger charge is -2.19. The van der Waals surface area contributed by atoms with Crippen LogP contribution in [0.5, 0.6) is 0 Å². The third-order valence-corrected chi connectivity index (χ3v) is 2.18. The van der Waals surface area contributed by atoms with E-state index in [0.717, 1.165) is 0 Å². The van der Waals surface area contributed by atoms with Crippen molar-refractivity contribution in [2.75, 3.05) is 19.7 Å². The zero-order chi connectivity index (χ0) is 12.0. The summed E-state index contributed by atoms with van der Waals surface area (Å²) in [6.45, 7) is 4.07. The van der Waals surface area contributed by atoms with Gasteiger partial charge in [0.2, 0.25) is 0 Å². The van der Waals surface area contributed by atoms with Gasteiger partial charge in [0.25, 0.3) is 5.91 Å². The van der Waals surface area contributed by atoms with Gasteiger partial charge in [-0.2, -0.15) is 0 Å². The maximum atomic E-state index is 11.9. The Kier molecular flexibility index (Phi) is 4.95. The number of aliphatic hydroxyl groups is 1. The lowest BCUT2D eigenvalue weighted by atomic mass is 10.3. The first-order chi connectivity index (χ1) is 7.69. The van der Waals surface area contributed by atoms with Crippen LogP contribution in [-0.4, -0.2) is 40.6 Å². The van der Waals surface area contributed by atoms with E-state index in [-0.39, 0.29) is 24.8 Å². The quantitative estimate of drug-likeness (QED) is 0.791. The number of amides is 1. The van der Waals surface area contributed by atoms with Crippen LogP contribution in [0.25, 0.3) is 0 Å². The second-order valence-electron chi connectivity index (χ2n) is 3.12.